The molecule has 0 saturated heterocycles. The quantitative estimate of drug-likeness (QED) is 0.121. The minimum Gasteiger partial charge on any atom is -0.0760 e. The molecular weight excluding hydrogens is 766 g/mol. The summed E-state index contributed by atoms with van der Waals surface area (Å²) in [6.45, 7) is 0. The molecule has 0 saturated carbocycles. The van der Waals surface area contributed by atoms with Crippen molar-refractivity contribution >= 4 is 58.9 Å². The fourth-order valence-corrected chi connectivity index (χ4v) is 14.3. The maximum Gasteiger partial charge on any atom is 0.0130 e. The Labute approximate surface area is 348 Å². The first-order chi connectivity index (χ1) is 27.8. The maximum absolute atomic E-state index is 2.38. The van der Waals surface area contributed by atoms with E-state index >= 15 is 0 Å². The Hall–Kier alpha value is -4.86. The number of rotatable bonds is 2. The van der Waals surface area contributed by atoms with Crippen LogP contribution in [0.4, 0.5) is 0 Å². The van der Waals surface area contributed by atoms with Gasteiger partial charge in [-0.25, -0.2) is 0 Å². The maximum atomic E-state index is 2.38. The second kappa shape index (κ2) is 15.5. The normalized spacial score (nSPS) is 15.8. The summed E-state index contributed by atoms with van der Waals surface area (Å²) >= 11 is 0. The summed E-state index contributed by atoms with van der Waals surface area (Å²) in [4.78, 5) is 0. The van der Waals surface area contributed by atoms with Gasteiger partial charge in [-0.05, 0) is 123 Å². The molecule has 3 heteroatoms. The third-order valence-corrected chi connectivity index (χ3v) is 17.0. The summed E-state index contributed by atoms with van der Waals surface area (Å²) in [5.41, 5.74) is 11.8. The molecule has 0 aromatic heterocycles. The first kappa shape index (κ1) is 36.5. The Morgan fingerprint density at radius 1 is 0.298 bits per heavy atom. The first-order valence-electron chi connectivity index (χ1n) is 19.7. The molecule has 2 radical (unpaired) electrons. The zero-order valence-corrected chi connectivity index (χ0v) is 34.4. The van der Waals surface area contributed by atoms with Crippen LogP contribution in [0, 0.1) is 12.8 Å². The van der Waals surface area contributed by atoms with E-state index in [4.69, 9.17) is 0 Å². The van der Waals surface area contributed by atoms with Gasteiger partial charge in [0, 0.05) is 29.9 Å². The molecule has 0 amide bonds. The Bertz CT molecular complexity index is 2620. The van der Waals surface area contributed by atoms with Crippen molar-refractivity contribution in [3.63, 3.8) is 0 Å². The summed E-state index contributed by atoms with van der Waals surface area (Å²) < 4.78 is 0. The number of allylic oxidation sites excluding steroid dienone is 8. The molecule has 0 N–H and O–H groups in total. The van der Waals surface area contributed by atoms with Crippen molar-refractivity contribution in [1.82, 2.24) is 0 Å². The van der Waals surface area contributed by atoms with Crippen molar-refractivity contribution in [2.24, 2.45) is 0 Å². The second-order valence-electron chi connectivity index (χ2n) is 15.3. The predicted molar refractivity (Wildman–Crippen MR) is 245 cm³/mol. The van der Waals surface area contributed by atoms with Gasteiger partial charge in [-0.15, -0.1) is 0 Å². The van der Waals surface area contributed by atoms with Crippen LogP contribution in [0.15, 0.2) is 193 Å². The van der Waals surface area contributed by atoms with Gasteiger partial charge in [-0.2, -0.15) is 0 Å². The summed E-state index contributed by atoms with van der Waals surface area (Å²) in [5.74, 6) is 0. The van der Waals surface area contributed by atoms with Gasteiger partial charge in [0.25, 0.3) is 0 Å². The van der Waals surface area contributed by atoms with Crippen LogP contribution in [0.25, 0.3) is 65.3 Å². The summed E-state index contributed by atoms with van der Waals surface area (Å²) in [6.07, 6.45) is 22.6. The standard InChI is InChI=1S/2C27H20P.Fe/c2*1-5-11-24-19(7-1)13-15-21-17-28(23-9-3-4-10-23)18-22-16-14-20-8-2-6-12-25(20)27(22)26(21)24;/h2*1-16H,17-18H2;. The molecule has 0 nitrogen and oxygen atoms in total. The minimum absolute atomic E-state index is 0. The molecule has 0 bridgehead atoms. The number of benzene rings is 8. The van der Waals surface area contributed by atoms with Crippen molar-refractivity contribution in [2.45, 2.75) is 24.6 Å². The fraction of sp³-hybridized carbons (Fsp3) is 0.0741. The molecule has 0 atom stereocenters. The molecule has 2 aliphatic carbocycles. The SMILES string of the molecule is [CH]1C=CC=C1P1Cc2ccc3ccccc3c2-c2c(ccc3ccccc23)C1.[CH]1C=CC=C1P1Cc2ccc3ccccc3c2-c2c(ccc3ccccc23)C1.[Fe]. The molecule has 0 unspecified atom stereocenters. The molecular formula is C54H40FeP2. The average molecular weight is 807 g/mol. The van der Waals surface area contributed by atoms with E-state index in [1.807, 2.05) is 0 Å². The zero-order chi connectivity index (χ0) is 37.0. The van der Waals surface area contributed by atoms with Crippen LogP contribution in [0.5, 0.6) is 0 Å². The van der Waals surface area contributed by atoms with Gasteiger partial charge in [0.15, 0.2) is 0 Å². The Morgan fingerprint density at radius 3 is 0.842 bits per heavy atom. The Morgan fingerprint density at radius 2 is 0.579 bits per heavy atom. The molecule has 4 aliphatic rings. The number of fused-ring (bicyclic) bond motifs is 14. The van der Waals surface area contributed by atoms with Gasteiger partial charge in [0.2, 0.25) is 0 Å². The van der Waals surface area contributed by atoms with Crippen LogP contribution >= 0.6 is 15.8 Å². The number of hydrogen-bond acceptors (Lipinski definition) is 0. The molecule has 274 valence electrons. The van der Waals surface area contributed by atoms with Crippen LogP contribution < -0.4 is 0 Å². The van der Waals surface area contributed by atoms with Crippen LogP contribution in [0.2, 0.25) is 0 Å². The molecule has 2 aliphatic heterocycles. The first-order valence-corrected chi connectivity index (χ1v) is 23.2. The molecule has 0 spiro atoms. The predicted octanol–water partition coefficient (Wildman–Crippen LogP) is 15.6. The number of hydrogen-bond donors (Lipinski definition) is 0. The smallest absolute Gasteiger partial charge is 0.0130 e. The topological polar surface area (TPSA) is 0 Å². The van der Waals surface area contributed by atoms with E-state index < -0.39 is 0 Å². The van der Waals surface area contributed by atoms with Crippen LogP contribution in [0.3, 0.4) is 0 Å². The third-order valence-electron chi connectivity index (χ3n) is 12.0. The van der Waals surface area contributed by atoms with E-state index in [0.717, 1.165) is 24.6 Å². The van der Waals surface area contributed by atoms with Gasteiger partial charge < -0.3 is 0 Å². The Balaban J connectivity index is 0.000000137. The van der Waals surface area contributed by atoms with Crippen molar-refractivity contribution < 1.29 is 17.1 Å². The average Bonchev–Trinajstić information content (AvgIpc) is 3.94. The molecule has 8 aromatic carbocycles. The monoisotopic (exact) mass is 806 g/mol. The van der Waals surface area contributed by atoms with Gasteiger partial charge in [-0.1, -0.05) is 198 Å². The van der Waals surface area contributed by atoms with E-state index in [-0.39, 0.29) is 32.9 Å². The second-order valence-corrected chi connectivity index (χ2v) is 19.7. The minimum atomic E-state index is -0.240. The summed E-state index contributed by atoms with van der Waals surface area (Å²) in [5, 5.41) is 13.9. The zero-order valence-electron chi connectivity index (χ0n) is 31.6. The molecule has 2 heterocycles. The van der Waals surface area contributed by atoms with Gasteiger partial charge in [-0.3, -0.25) is 0 Å². The van der Waals surface area contributed by atoms with Gasteiger partial charge >= 0.3 is 0 Å². The van der Waals surface area contributed by atoms with Gasteiger partial charge in [0.05, 0.1) is 0 Å². The van der Waals surface area contributed by atoms with Gasteiger partial charge in [0.1, 0.15) is 0 Å². The van der Waals surface area contributed by atoms with Crippen molar-refractivity contribution in [3.05, 3.63) is 228 Å². The molecule has 8 aromatic rings. The van der Waals surface area contributed by atoms with E-state index in [1.165, 1.54) is 98.2 Å². The van der Waals surface area contributed by atoms with E-state index in [1.54, 1.807) is 0 Å². The van der Waals surface area contributed by atoms with Crippen LogP contribution in [-0.2, 0) is 41.7 Å². The fourth-order valence-electron chi connectivity index (χ4n) is 9.42. The van der Waals surface area contributed by atoms with Crippen LogP contribution in [-0.4, -0.2) is 0 Å². The summed E-state index contributed by atoms with van der Waals surface area (Å²) in [6, 6.07) is 54.2. The van der Waals surface area contributed by atoms with Crippen LogP contribution in [0.1, 0.15) is 22.3 Å². The van der Waals surface area contributed by atoms with Crippen molar-refractivity contribution in [3.8, 4) is 22.3 Å². The van der Waals surface area contributed by atoms with Crippen molar-refractivity contribution in [1.29, 1.82) is 0 Å². The molecule has 0 fully saturated rings. The Kier molecular flexibility index (Phi) is 9.91. The van der Waals surface area contributed by atoms with E-state index in [9.17, 15) is 0 Å². The summed E-state index contributed by atoms with van der Waals surface area (Å²) in [7, 11) is -0.481. The van der Waals surface area contributed by atoms with E-state index in [2.05, 4.69) is 195 Å². The van der Waals surface area contributed by atoms with E-state index in [0.29, 0.717) is 0 Å². The van der Waals surface area contributed by atoms with Crippen molar-refractivity contribution in [2.75, 3.05) is 0 Å². The molecule has 57 heavy (non-hydrogen) atoms. The third kappa shape index (κ3) is 6.57. The largest absolute Gasteiger partial charge is 0.0760 e. The molecule has 12 rings (SSSR count).